The lowest BCUT2D eigenvalue weighted by Crippen LogP contribution is -2.14. The fourth-order valence-electron chi connectivity index (χ4n) is 3.61. The van der Waals surface area contributed by atoms with Crippen LogP contribution in [0.15, 0.2) is 29.3 Å². The number of hydrogen-bond acceptors (Lipinski definition) is 4. The van der Waals surface area contributed by atoms with Crippen molar-refractivity contribution in [3.05, 3.63) is 52.2 Å². The first-order chi connectivity index (χ1) is 13.6. The molecule has 0 fully saturated rings. The van der Waals surface area contributed by atoms with E-state index < -0.39 is 0 Å². The van der Waals surface area contributed by atoms with Crippen LogP contribution in [0.25, 0.3) is 0 Å². The molecule has 4 nitrogen and oxygen atoms in total. The first-order valence-corrected chi connectivity index (χ1v) is 11.0. The van der Waals surface area contributed by atoms with Crippen LogP contribution >= 0.6 is 11.8 Å². The molecular formula is C23H27N3OS. The van der Waals surface area contributed by atoms with E-state index in [-0.39, 0.29) is 5.91 Å². The molecule has 0 aliphatic heterocycles. The third kappa shape index (κ3) is 5.14. The summed E-state index contributed by atoms with van der Waals surface area (Å²) in [5.41, 5.74) is 6.04. The van der Waals surface area contributed by atoms with E-state index in [1.54, 1.807) is 0 Å². The van der Waals surface area contributed by atoms with Gasteiger partial charge in [0, 0.05) is 23.6 Å². The number of amides is 1. The third-order valence-electron chi connectivity index (χ3n) is 5.20. The summed E-state index contributed by atoms with van der Waals surface area (Å²) >= 11 is 1.51. The largest absolute Gasteiger partial charge is 0.326 e. The molecule has 1 aromatic heterocycles. The maximum absolute atomic E-state index is 12.4. The van der Waals surface area contributed by atoms with E-state index in [0.29, 0.717) is 17.7 Å². The van der Waals surface area contributed by atoms with Gasteiger partial charge in [-0.3, -0.25) is 4.79 Å². The number of rotatable bonds is 5. The van der Waals surface area contributed by atoms with Crippen molar-refractivity contribution in [2.45, 2.75) is 63.8 Å². The van der Waals surface area contributed by atoms with Crippen LogP contribution in [-0.4, -0.2) is 16.6 Å². The molecule has 0 atom stereocenters. The molecule has 0 spiro atoms. The standard InChI is InChI=1S/C23H27N3OS/c1-16-8-7-9-17(2)22(16)26-21(27)12-13-28-23-19(15-24)14-18-10-5-3-4-6-11-20(18)25-23/h7-9,14H,3-6,10-13H2,1-2H3,(H,26,27). The Balaban J connectivity index is 1.63. The number of nitriles is 1. The summed E-state index contributed by atoms with van der Waals surface area (Å²) in [6.45, 7) is 4.00. The van der Waals surface area contributed by atoms with E-state index in [0.717, 1.165) is 46.8 Å². The highest BCUT2D eigenvalue weighted by Crippen LogP contribution is 2.27. The molecule has 146 valence electrons. The molecular weight excluding hydrogens is 366 g/mol. The van der Waals surface area contributed by atoms with Crippen molar-refractivity contribution in [3.8, 4) is 6.07 Å². The van der Waals surface area contributed by atoms with Gasteiger partial charge >= 0.3 is 0 Å². The van der Waals surface area contributed by atoms with Gasteiger partial charge in [0.25, 0.3) is 0 Å². The van der Waals surface area contributed by atoms with E-state index in [9.17, 15) is 10.1 Å². The normalized spacial score (nSPS) is 13.8. The number of para-hydroxylation sites is 1. The summed E-state index contributed by atoms with van der Waals surface area (Å²) in [5.74, 6) is 0.603. The summed E-state index contributed by atoms with van der Waals surface area (Å²) in [6, 6.07) is 10.3. The second-order valence-corrected chi connectivity index (χ2v) is 8.47. The van der Waals surface area contributed by atoms with Gasteiger partial charge in [-0.2, -0.15) is 5.26 Å². The molecule has 0 saturated carbocycles. The molecule has 0 saturated heterocycles. The Hall–Kier alpha value is -2.32. The maximum Gasteiger partial charge on any atom is 0.225 e. The number of fused-ring (bicyclic) bond motifs is 1. The van der Waals surface area contributed by atoms with E-state index in [1.165, 1.54) is 36.6 Å². The molecule has 1 aliphatic rings. The van der Waals surface area contributed by atoms with Crippen molar-refractivity contribution in [2.24, 2.45) is 0 Å². The Morgan fingerprint density at radius 2 is 1.89 bits per heavy atom. The lowest BCUT2D eigenvalue weighted by molar-refractivity contribution is -0.115. The zero-order chi connectivity index (χ0) is 19.9. The Kier molecular flexibility index (Phi) is 7.11. The lowest BCUT2D eigenvalue weighted by Gasteiger charge is -2.15. The molecule has 1 heterocycles. The van der Waals surface area contributed by atoms with Crippen LogP contribution in [0, 0.1) is 25.2 Å². The van der Waals surface area contributed by atoms with Crippen molar-refractivity contribution in [1.29, 1.82) is 5.26 Å². The van der Waals surface area contributed by atoms with Gasteiger partial charge in [0.15, 0.2) is 0 Å². The minimum Gasteiger partial charge on any atom is -0.326 e. The number of nitrogens with one attached hydrogen (secondary N) is 1. The molecule has 1 amide bonds. The number of nitrogens with zero attached hydrogens (tertiary/aromatic N) is 2. The minimum atomic E-state index is -0.00495. The molecule has 1 aromatic carbocycles. The Labute approximate surface area is 171 Å². The van der Waals surface area contributed by atoms with E-state index in [4.69, 9.17) is 4.98 Å². The van der Waals surface area contributed by atoms with Crippen LogP contribution in [-0.2, 0) is 17.6 Å². The number of aryl methyl sites for hydroxylation is 4. The van der Waals surface area contributed by atoms with Crippen molar-refractivity contribution < 1.29 is 4.79 Å². The molecule has 28 heavy (non-hydrogen) atoms. The fourth-order valence-corrected chi connectivity index (χ4v) is 4.53. The van der Waals surface area contributed by atoms with E-state index >= 15 is 0 Å². The van der Waals surface area contributed by atoms with Crippen LogP contribution in [0.5, 0.6) is 0 Å². The zero-order valence-electron chi connectivity index (χ0n) is 16.7. The number of carbonyl (C=O) groups is 1. The molecule has 2 aromatic rings. The zero-order valence-corrected chi connectivity index (χ0v) is 17.5. The smallest absolute Gasteiger partial charge is 0.225 e. The van der Waals surface area contributed by atoms with Gasteiger partial charge in [-0.15, -0.1) is 11.8 Å². The van der Waals surface area contributed by atoms with Gasteiger partial charge in [0.1, 0.15) is 11.1 Å². The summed E-state index contributed by atoms with van der Waals surface area (Å²) in [7, 11) is 0. The number of benzene rings is 1. The second-order valence-electron chi connectivity index (χ2n) is 7.39. The Morgan fingerprint density at radius 1 is 1.18 bits per heavy atom. The van der Waals surface area contributed by atoms with Gasteiger partial charge in [-0.25, -0.2) is 4.98 Å². The summed E-state index contributed by atoms with van der Waals surface area (Å²) in [5, 5.41) is 13.3. The van der Waals surface area contributed by atoms with E-state index in [1.807, 2.05) is 38.1 Å². The predicted octanol–water partition coefficient (Wildman–Crippen LogP) is 5.35. The van der Waals surface area contributed by atoms with Crippen LogP contribution in [0.4, 0.5) is 5.69 Å². The highest BCUT2D eigenvalue weighted by atomic mass is 32.2. The average Bonchev–Trinajstić information content (AvgIpc) is 2.66. The quantitative estimate of drug-likeness (QED) is 0.695. The first-order valence-electron chi connectivity index (χ1n) is 10.00. The van der Waals surface area contributed by atoms with Crippen molar-refractivity contribution in [3.63, 3.8) is 0 Å². The Morgan fingerprint density at radius 3 is 2.61 bits per heavy atom. The second kappa shape index (κ2) is 9.75. The Bertz CT molecular complexity index is 881. The first kappa shape index (κ1) is 20.4. The van der Waals surface area contributed by atoms with Crippen LogP contribution in [0.1, 0.15) is 60.1 Å². The molecule has 0 bridgehead atoms. The molecule has 1 N–H and O–H groups in total. The van der Waals surface area contributed by atoms with Crippen molar-refractivity contribution in [1.82, 2.24) is 4.98 Å². The summed E-state index contributed by atoms with van der Waals surface area (Å²) in [4.78, 5) is 17.2. The van der Waals surface area contributed by atoms with Crippen LogP contribution in [0.2, 0.25) is 0 Å². The number of thioether (sulfide) groups is 1. The maximum atomic E-state index is 12.4. The number of pyridine rings is 1. The van der Waals surface area contributed by atoms with Gasteiger partial charge in [-0.05, 0) is 62.3 Å². The third-order valence-corrected chi connectivity index (χ3v) is 6.19. The molecule has 1 aliphatic carbocycles. The molecule has 0 radical (unpaired) electrons. The van der Waals surface area contributed by atoms with Crippen molar-refractivity contribution >= 4 is 23.4 Å². The number of carbonyl (C=O) groups excluding carboxylic acids is 1. The van der Waals surface area contributed by atoms with Gasteiger partial charge < -0.3 is 5.32 Å². The molecule has 3 rings (SSSR count). The molecule has 0 unspecified atom stereocenters. The molecule has 5 heteroatoms. The predicted molar refractivity (Wildman–Crippen MR) is 115 cm³/mol. The number of anilines is 1. The minimum absolute atomic E-state index is 0.00495. The summed E-state index contributed by atoms with van der Waals surface area (Å²) in [6.07, 6.45) is 7.23. The van der Waals surface area contributed by atoms with Crippen LogP contribution in [0.3, 0.4) is 0 Å². The van der Waals surface area contributed by atoms with Crippen LogP contribution < -0.4 is 5.32 Å². The lowest BCUT2D eigenvalue weighted by atomic mass is 9.96. The fraction of sp³-hybridized carbons (Fsp3) is 0.435. The number of hydrogen-bond donors (Lipinski definition) is 1. The average molecular weight is 394 g/mol. The van der Waals surface area contributed by atoms with Gasteiger partial charge in [-0.1, -0.05) is 31.0 Å². The van der Waals surface area contributed by atoms with Gasteiger partial charge in [0.2, 0.25) is 5.91 Å². The monoisotopic (exact) mass is 393 g/mol. The SMILES string of the molecule is Cc1cccc(C)c1NC(=O)CCSc1nc2c(cc1C#N)CCCCCC2. The van der Waals surface area contributed by atoms with Crippen molar-refractivity contribution in [2.75, 3.05) is 11.1 Å². The highest BCUT2D eigenvalue weighted by molar-refractivity contribution is 7.99. The topological polar surface area (TPSA) is 65.8 Å². The summed E-state index contributed by atoms with van der Waals surface area (Å²) < 4.78 is 0. The number of aromatic nitrogens is 1. The van der Waals surface area contributed by atoms with Gasteiger partial charge in [0.05, 0.1) is 5.56 Å². The van der Waals surface area contributed by atoms with E-state index in [2.05, 4.69) is 11.4 Å². The highest BCUT2D eigenvalue weighted by Gasteiger charge is 2.15.